The van der Waals surface area contributed by atoms with Crippen LogP contribution in [0.2, 0.25) is 0 Å². The Morgan fingerprint density at radius 2 is 1.76 bits per heavy atom. The second kappa shape index (κ2) is 6.92. The minimum Gasteiger partial charge on any atom is -0.330 e. The van der Waals surface area contributed by atoms with E-state index in [2.05, 4.69) is 56.2 Å². The van der Waals surface area contributed by atoms with Crippen molar-refractivity contribution in [3.8, 4) is 5.69 Å². The molecule has 5 nitrogen and oxygen atoms in total. The van der Waals surface area contributed by atoms with Gasteiger partial charge in [-0.1, -0.05) is 29.8 Å². The van der Waals surface area contributed by atoms with Crippen LogP contribution in [0.25, 0.3) is 16.9 Å². The molecular formula is C20H27N5. The Hall–Kier alpha value is -2.27. The van der Waals surface area contributed by atoms with Crippen LogP contribution in [0.5, 0.6) is 0 Å². The third-order valence-electron chi connectivity index (χ3n) is 4.86. The Labute approximate surface area is 149 Å². The van der Waals surface area contributed by atoms with Crippen LogP contribution in [-0.2, 0) is 0 Å². The Kier molecular flexibility index (Phi) is 4.86. The van der Waals surface area contributed by atoms with Crippen molar-refractivity contribution in [2.24, 2.45) is 5.73 Å². The van der Waals surface area contributed by atoms with Crippen LogP contribution >= 0.6 is 0 Å². The Morgan fingerprint density at radius 1 is 1.08 bits per heavy atom. The summed E-state index contributed by atoms with van der Waals surface area (Å²) in [5, 5.41) is 8.97. The molecule has 1 unspecified atom stereocenters. The third-order valence-corrected chi connectivity index (χ3v) is 4.86. The fourth-order valence-electron chi connectivity index (χ4n) is 3.81. The summed E-state index contributed by atoms with van der Waals surface area (Å²) in [5.41, 5.74) is 14.4. The number of rotatable bonds is 5. The molecule has 0 bridgehead atoms. The molecule has 1 atom stereocenters. The van der Waals surface area contributed by atoms with Crippen molar-refractivity contribution >= 4 is 11.2 Å². The SMILES string of the molecule is CCC(CCN)c1cc(C)nc2c1nnn2-c1c(C)cc(C)cc1C. The molecule has 0 fully saturated rings. The van der Waals surface area contributed by atoms with E-state index in [4.69, 9.17) is 10.7 Å². The van der Waals surface area contributed by atoms with Crippen molar-refractivity contribution in [3.05, 3.63) is 46.1 Å². The molecule has 2 aromatic heterocycles. The zero-order valence-electron chi connectivity index (χ0n) is 15.8. The molecule has 0 aliphatic heterocycles. The zero-order valence-corrected chi connectivity index (χ0v) is 15.8. The molecular weight excluding hydrogens is 310 g/mol. The maximum Gasteiger partial charge on any atom is 0.184 e. The van der Waals surface area contributed by atoms with Gasteiger partial charge in [-0.3, -0.25) is 0 Å². The molecule has 0 amide bonds. The van der Waals surface area contributed by atoms with Crippen molar-refractivity contribution in [1.29, 1.82) is 0 Å². The van der Waals surface area contributed by atoms with Crippen molar-refractivity contribution in [3.63, 3.8) is 0 Å². The monoisotopic (exact) mass is 337 g/mol. The van der Waals surface area contributed by atoms with E-state index in [0.29, 0.717) is 12.5 Å². The minimum absolute atomic E-state index is 0.388. The molecule has 3 aromatic rings. The first kappa shape index (κ1) is 17.5. The molecule has 0 aliphatic rings. The van der Waals surface area contributed by atoms with Gasteiger partial charge in [-0.25, -0.2) is 4.98 Å². The second-order valence-electron chi connectivity index (χ2n) is 6.96. The van der Waals surface area contributed by atoms with Crippen LogP contribution in [-0.4, -0.2) is 26.5 Å². The van der Waals surface area contributed by atoms with Crippen molar-refractivity contribution in [2.75, 3.05) is 6.54 Å². The van der Waals surface area contributed by atoms with Crippen molar-refractivity contribution in [1.82, 2.24) is 20.0 Å². The van der Waals surface area contributed by atoms with E-state index in [9.17, 15) is 0 Å². The molecule has 0 aliphatic carbocycles. The first-order valence-corrected chi connectivity index (χ1v) is 8.97. The standard InChI is InChI=1S/C20H27N5/c1-6-16(7-8-21)17-11-15(5)22-20-18(17)23-24-25(20)19-13(3)9-12(2)10-14(19)4/h9-11,16H,6-8,21H2,1-5H3. The smallest absolute Gasteiger partial charge is 0.184 e. The molecule has 0 radical (unpaired) electrons. The van der Waals surface area contributed by atoms with E-state index in [-0.39, 0.29) is 0 Å². The average Bonchev–Trinajstić information content (AvgIpc) is 2.94. The number of pyridine rings is 1. The van der Waals surface area contributed by atoms with Crippen LogP contribution in [0.1, 0.15) is 53.6 Å². The van der Waals surface area contributed by atoms with E-state index in [1.165, 1.54) is 22.3 Å². The van der Waals surface area contributed by atoms with E-state index < -0.39 is 0 Å². The van der Waals surface area contributed by atoms with Gasteiger partial charge in [-0.05, 0) is 75.8 Å². The van der Waals surface area contributed by atoms with Gasteiger partial charge >= 0.3 is 0 Å². The number of aromatic nitrogens is 4. The third kappa shape index (κ3) is 3.16. The summed E-state index contributed by atoms with van der Waals surface area (Å²) in [6, 6.07) is 6.49. The van der Waals surface area contributed by atoms with E-state index in [1.54, 1.807) is 0 Å². The van der Waals surface area contributed by atoms with Gasteiger partial charge in [0.1, 0.15) is 5.52 Å². The van der Waals surface area contributed by atoms with Crippen LogP contribution < -0.4 is 5.73 Å². The summed E-state index contributed by atoms with van der Waals surface area (Å²) in [6.45, 7) is 11.2. The maximum atomic E-state index is 5.82. The second-order valence-corrected chi connectivity index (χ2v) is 6.96. The van der Waals surface area contributed by atoms with Crippen LogP contribution in [0.3, 0.4) is 0 Å². The Morgan fingerprint density at radius 3 is 2.36 bits per heavy atom. The highest BCUT2D eigenvalue weighted by molar-refractivity contribution is 5.77. The van der Waals surface area contributed by atoms with E-state index in [0.717, 1.165) is 35.4 Å². The number of nitrogens with zero attached hydrogens (tertiary/aromatic N) is 4. The molecule has 2 N–H and O–H groups in total. The number of hydrogen-bond donors (Lipinski definition) is 1. The van der Waals surface area contributed by atoms with Gasteiger partial charge in [0.05, 0.1) is 5.69 Å². The summed E-state index contributed by atoms with van der Waals surface area (Å²) in [7, 11) is 0. The summed E-state index contributed by atoms with van der Waals surface area (Å²) in [5.74, 6) is 0.388. The fraction of sp³-hybridized carbons (Fsp3) is 0.450. The topological polar surface area (TPSA) is 69.6 Å². The first-order chi connectivity index (χ1) is 12.0. The molecule has 3 rings (SSSR count). The largest absolute Gasteiger partial charge is 0.330 e. The normalized spacial score (nSPS) is 12.7. The van der Waals surface area contributed by atoms with Gasteiger partial charge < -0.3 is 5.73 Å². The number of hydrogen-bond acceptors (Lipinski definition) is 4. The molecule has 1 aromatic carbocycles. The molecule has 0 saturated carbocycles. The van der Waals surface area contributed by atoms with E-state index in [1.807, 2.05) is 11.6 Å². The fourth-order valence-corrected chi connectivity index (χ4v) is 3.81. The molecule has 5 heteroatoms. The van der Waals surface area contributed by atoms with Gasteiger partial charge in [0.15, 0.2) is 5.65 Å². The summed E-state index contributed by atoms with van der Waals surface area (Å²) >= 11 is 0. The summed E-state index contributed by atoms with van der Waals surface area (Å²) < 4.78 is 1.89. The van der Waals surface area contributed by atoms with Crippen molar-refractivity contribution < 1.29 is 0 Å². The number of aryl methyl sites for hydroxylation is 4. The van der Waals surface area contributed by atoms with Crippen LogP contribution in [0.15, 0.2) is 18.2 Å². The highest BCUT2D eigenvalue weighted by atomic mass is 15.4. The predicted octanol–water partition coefficient (Wildman–Crippen LogP) is 3.89. The quantitative estimate of drug-likeness (QED) is 0.767. The lowest BCUT2D eigenvalue weighted by molar-refractivity contribution is 0.616. The van der Waals surface area contributed by atoms with Gasteiger partial charge in [-0.2, -0.15) is 4.68 Å². The Balaban J connectivity index is 2.25. The number of fused-ring (bicyclic) bond motifs is 1. The zero-order chi connectivity index (χ0) is 18.1. The van der Waals surface area contributed by atoms with Crippen LogP contribution in [0, 0.1) is 27.7 Å². The lowest BCUT2D eigenvalue weighted by Crippen LogP contribution is -2.08. The highest BCUT2D eigenvalue weighted by Crippen LogP contribution is 2.30. The van der Waals surface area contributed by atoms with Gasteiger partial charge in [0.2, 0.25) is 0 Å². The number of benzene rings is 1. The molecule has 132 valence electrons. The average molecular weight is 337 g/mol. The highest BCUT2D eigenvalue weighted by Gasteiger charge is 2.20. The molecule has 2 heterocycles. The lowest BCUT2D eigenvalue weighted by Gasteiger charge is -2.15. The molecule has 25 heavy (non-hydrogen) atoms. The van der Waals surface area contributed by atoms with Crippen molar-refractivity contribution in [2.45, 2.75) is 53.4 Å². The predicted molar refractivity (Wildman–Crippen MR) is 102 cm³/mol. The Bertz CT molecular complexity index is 887. The summed E-state index contributed by atoms with van der Waals surface area (Å²) in [4.78, 5) is 4.76. The maximum absolute atomic E-state index is 5.82. The van der Waals surface area contributed by atoms with Gasteiger partial charge in [0.25, 0.3) is 0 Å². The molecule has 0 saturated heterocycles. The molecule has 0 spiro atoms. The minimum atomic E-state index is 0.388. The number of nitrogens with two attached hydrogens (primary N) is 1. The summed E-state index contributed by atoms with van der Waals surface area (Å²) in [6.07, 6.45) is 1.98. The lowest BCUT2D eigenvalue weighted by atomic mass is 9.92. The first-order valence-electron chi connectivity index (χ1n) is 8.97. The van der Waals surface area contributed by atoms with Gasteiger partial charge in [0, 0.05) is 5.69 Å². The van der Waals surface area contributed by atoms with E-state index >= 15 is 0 Å². The van der Waals surface area contributed by atoms with Crippen LogP contribution in [0.4, 0.5) is 0 Å². The van der Waals surface area contributed by atoms with Gasteiger partial charge in [-0.15, -0.1) is 5.10 Å².